The van der Waals surface area contributed by atoms with Crippen molar-refractivity contribution in [3.63, 3.8) is 0 Å². The number of carbonyl (C=O) groups is 2. The average molecular weight is 657 g/mol. The molecule has 0 aliphatic rings. The molecule has 0 aromatic heterocycles. The highest BCUT2D eigenvalue weighted by Gasteiger charge is 2.20. The predicted molar refractivity (Wildman–Crippen MR) is 182 cm³/mol. The third-order valence-electron chi connectivity index (χ3n) is 6.85. The average Bonchev–Trinajstić information content (AvgIpc) is 3.13. The largest absolute Gasteiger partial charge is 0.497 e. The molecule has 0 radical (unpaired) electrons. The molecule has 0 amide bonds. The molecule has 0 saturated heterocycles. The highest BCUT2D eigenvalue weighted by Crippen LogP contribution is 2.29. The van der Waals surface area contributed by atoms with Crippen LogP contribution >= 0.6 is 0 Å². The summed E-state index contributed by atoms with van der Waals surface area (Å²) in [5, 5.41) is 0. The van der Waals surface area contributed by atoms with Gasteiger partial charge in [0.15, 0.2) is 0 Å². The fourth-order valence-electron chi connectivity index (χ4n) is 4.30. The summed E-state index contributed by atoms with van der Waals surface area (Å²) in [6, 6.07) is 21.0. The van der Waals surface area contributed by atoms with Gasteiger partial charge in [-0.1, -0.05) is 24.3 Å². The normalized spacial score (nSPS) is 10.7. The van der Waals surface area contributed by atoms with Crippen LogP contribution in [0.2, 0.25) is 0 Å². The second-order valence-corrected chi connectivity index (χ2v) is 9.85. The molecule has 0 bridgehead atoms. The van der Waals surface area contributed by atoms with E-state index in [1.54, 1.807) is 89.1 Å². The molecule has 250 valence electrons. The van der Waals surface area contributed by atoms with Gasteiger partial charge in [0.2, 0.25) is 0 Å². The minimum Gasteiger partial charge on any atom is -0.497 e. The third-order valence-corrected chi connectivity index (χ3v) is 6.85. The fraction of sp³-hybridized carbons (Fsp3) is 0.167. The van der Waals surface area contributed by atoms with E-state index in [9.17, 15) is 9.59 Å². The summed E-state index contributed by atoms with van der Waals surface area (Å²) in [5.41, 5.74) is 8.60. The molecular formula is C36H36N2O10. The number of anilines is 2. The van der Waals surface area contributed by atoms with Gasteiger partial charge in [-0.25, -0.2) is 20.5 Å². The summed E-state index contributed by atoms with van der Waals surface area (Å²) >= 11 is 0. The Morgan fingerprint density at radius 1 is 0.438 bits per heavy atom. The fourth-order valence-corrected chi connectivity index (χ4v) is 4.30. The second kappa shape index (κ2) is 16.9. The smallest absolute Gasteiger partial charge is 0.443 e. The lowest BCUT2D eigenvalue weighted by Crippen LogP contribution is -2.25. The van der Waals surface area contributed by atoms with Crippen molar-refractivity contribution in [2.75, 3.05) is 53.6 Å². The van der Waals surface area contributed by atoms with E-state index in [1.807, 2.05) is 36.4 Å². The molecule has 2 N–H and O–H groups in total. The molecule has 0 heterocycles. The maximum atomic E-state index is 12.6. The van der Waals surface area contributed by atoms with Gasteiger partial charge in [-0.3, -0.25) is 0 Å². The van der Waals surface area contributed by atoms with Crippen LogP contribution in [-0.4, -0.2) is 54.6 Å². The van der Waals surface area contributed by atoms with Crippen molar-refractivity contribution in [3.05, 3.63) is 95.1 Å². The Bertz CT molecular complexity index is 1630. The van der Waals surface area contributed by atoms with Crippen molar-refractivity contribution >= 4 is 47.6 Å². The topological polar surface area (TPSA) is 132 Å². The Hall–Kier alpha value is -6.30. The van der Waals surface area contributed by atoms with E-state index in [-0.39, 0.29) is 0 Å². The first-order valence-corrected chi connectivity index (χ1v) is 14.4. The van der Waals surface area contributed by atoms with Crippen LogP contribution < -0.4 is 39.4 Å². The first kappa shape index (κ1) is 34.6. The Labute approximate surface area is 278 Å². The van der Waals surface area contributed by atoms with E-state index >= 15 is 0 Å². The lowest BCUT2D eigenvalue weighted by molar-refractivity contribution is -0.164. The Balaban J connectivity index is 1.45. The zero-order valence-electron chi connectivity index (χ0n) is 27.3. The molecule has 0 atom stereocenters. The highest BCUT2D eigenvalue weighted by molar-refractivity contribution is 6.30. The highest BCUT2D eigenvalue weighted by atomic mass is 16.7. The molecule has 48 heavy (non-hydrogen) atoms. The lowest BCUT2D eigenvalue weighted by Gasteiger charge is -2.13. The minimum absolute atomic E-state index is 0.351. The van der Waals surface area contributed by atoms with Gasteiger partial charge >= 0.3 is 11.9 Å². The molecular weight excluding hydrogens is 620 g/mol. The Kier molecular flexibility index (Phi) is 12.1. The Morgan fingerprint density at radius 3 is 1.08 bits per heavy atom. The number of methoxy groups -OCH3 is 6. The zero-order valence-corrected chi connectivity index (χ0v) is 27.3. The lowest BCUT2D eigenvalue weighted by atomic mass is 10.1. The molecule has 0 spiro atoms. The quantitative estimate of drug-likeness (QED) is 0.0870. The molecule has 0 aliphatic carbocycles. The number of hydrogen-bond donors (Lipinski definition) is 2. The third kappa shape index (κ3) is 9.36. The van der Waals surface area contributed by atoms with Gasteiger partial charge in [-0.15, -0.1) is 0 Å². The van der Waals surface area contributed by atoms with Gasteiger partial charge < -0.3 is 38.1 Å². The molecule has 0 fully saturated rings. The van der Waals surface area contributed by atoms with Gasteiger partial charge in [-0.2, -0.15) is 0 Å². The van der Waals surface area contributed by atoms with Crippen LogP contribution in [0, 0.1) is 0 Å². The van der Waals surface area contributed by atoms with E-state index in [1.165, 1.54) is 14.2 Å². The van der Waals surface area contributed by atoms with Gasteiger partial charge in [0.1, 0.15) is 34.5 Å². The van der Waals surface area contributed by atoms with E-state index < -0.39 is 11.9 Å². The molecule has 4 rings (SSSR count). The summed E-state index contributed by atoms with van der Waals surface area (Å²) in [4.78, 5) is 35.4. The van der Waals surface area contributed by atoms with Crippen molar-refractivity contribution in [1.29, 1.82) is 0 Å². The number of hydrogen-bond acceptors (Lipinski definition) is 12. The first-order valence-electron chi connectivity index (χ1n) is 14.4. The van der Waals surface area contributed by atoms with Gasteiger partial charge in [0.05, 0.1) is 54.0 Å². The van der Waals surface area contributed by atoms with E-state index in [0.29, 0.717) is 57.0 Å². The number of ether oxygens (including phenoxy) is 6. The summed E-state index contributed by atoms with van der Waals surface area (Å²) in [7, 11) is 9.27. The summed E-state index contributed by atoms with van der Waals surface area (Å²) in [5.74, 6) is 0.862. The maximum Gasteiger partial charge on any atom is 0.443 e. The van der Waals surface area contributed by atoms with Crippen LogP contribution in [0.3, 0.4) is 0 Å². The van der Waals surface area contributed by atoms with Crippen LogP contribution in [0.15, 0.2) is 72.8 Å². The summed E-state index contributed by atoms with van der Waals surface area (Å²) in [6.45, 7) is 0. The van der Waals surface area contributed by atoms with Crippen LogP contribution in [-0.2, 0) is 19.3 Å². The van der Waals surface area contributed by atoms with Crippen molar-refractivity contribution in [1.82, 2.24) is 0 Å². The van der Waals surface area contributed by atoms with Crippen molar-refractivity contribution in [3.8, 4) is 34.5 Å². The predicted octanol–water partition coefficient (Wildman–Crippen LogP) is 6.52. The molecule has 12 heteroatoms. The molecule has 0 saturated carbocycles. The van der Waals surface area contributed by atoms with Gasteiger partial charge in [0, 0.05) is 35.4 Å². The molecule has 12 nitrogen and oxygen atoms in total. The zero-order chi connectivity index (χ0) is 34.5. The Morgan fingerprint density at radius 2 is 0.771 bits per heavy atom. The summed E-state index contributed by atoms with van der Waals surface area (Å²) < 4.78 is 32.0. The van der Waals surface area contributed by atoms with E-state index in [0.717, 1.165) is 11.1 Å². The van der Waals surface area contributed by atoms with E-state index in [4.69, 9.17) is 38.1 Å². The van der Waals surface area contributed by atoms with Crippen LogP contribution in [0.25, 0.3) is 24.3 Å². The van der Waals surface area contributed by atoms with E-state index in [2.05, 4.69) is 11.0 Å². The van der Waals surface area contributed by atoms with Gasteiger partial charge in [-0.05, 0) is 59.7 Å². The monoisotopic (exact) mass is 656 g/mol. The van der Waals surface area contributed by atoms with Crippen LogP contribution in [0.4, 0.5) is 11.4 Å². The number of nitrogens with one attached hydrogen (secondary N) is 2. The second-order valence-electron chi connectivity index (χ2n) is 9.85. The molecule has 4 aromatic carbocycles. The number of carbonyl (C=O) groups excluding carboxylic acids is 2. The SMILES string of the molecule is COc1cc(/C=C\c2ccc(OC)cc2NOC(=O)C(=O)ONc2cc(OC)ccc2/C=C\c2cc(OC)cc(OC)c2)cc(OC)c1. The van der Waals surface area contributed by atoms with Crippen LogP contribution in [0.1, 0.15) is 22.3 Å². The van der Waals surface area contributed by atoms with Crippen molar-refractivity contribution < 1.29 is 47.7 Å². The van der Waals surface area contributed by atoms with Gasteiger partial charge in [0.25, 0.3) is 0 Å². The van der Waals surface area contributed by atoms with Crippen LogP contribution in [0.5, 0.6) is 34.5 Å². The minimum atomic E-state index is -1.30. The molecule has 4 aromatic rings. The number of benzene rings is 4. The number of rotatable bonds is 14. The summed E-state index contributed by atoms with van der Waals surface area (Å²) in [6.07, 6.45) is 7.21. The van der Waals surface area contributed by atoms with Crippen molar-refractivity contribution in [2.45, 2.75) is 0 Å². The molecule has 0 unspecified atom stereocenters. The first-order chi connectivity index (χ1) is 23.3. The van der Waals surface area contributed by atoms with Crippen molar-refractivity contribution in [2.24, 2.45) is 0 Å². The maximum absolute atomic E-state index is 12.6. The molecule has 0 aliphatic heterocycles. The standard InChI is InChI=1S/C36H36N2O10/c1-41-27-13-11-25(9-7-23-15-29(43-3)19-30(16-23)44-4)33(21-27)37-47-35(39)36(40)48-38-34-22-28(42-2)14-12-26(34)10-8-24-17-31(45-5)20-32(18-24)46-6/h7-22,37-38H,1-6H3/b9-7-,10-8-.